The largest absolute Gasteiger partial charge is 0.303 e. The highest BCUT2D eigenvalue weighted by atomic mass is 16.1. The topological polar surface area (TPSA) is 17.1 Å². The molecular weight excluding hydrogens is 148 g/mol. The van der Waals surface area contributed by atoms with Gasteiger partial charge in [0.25, 0.3) is 0 Å². The van der Waals surface area contributed by atoms with E-state index >= 15 is 0 Å². The van der Waals surface area contributed by atoms with Gasteiger partial charge in [-0.2, -0.15) is 0 Å². The summed E-state index contributed by atoms with van der Waals surface area (Å²) in [6, 6.07) is 0. The number of aldehydes is 1. The van der Waals surface area contributed by atoms with Crippen molar-refractivity contribution < 1.29 is 4.79 Å². The zero-order valence-electron chi connectivity index (χ0n) is 7.46. The molecule has 2 aliphatic carbocycles. The Labute approximate surface area is 73.8 Å². The Morgan fingerprint density at radius 2 is 1.75 bits per heavy atom. The molecule has 0 N–H and O–H groups in total. The van der Waals surface area contributed by atoms with E-state index in [1.54, 1.807) is 0 Å². The minimum atomic E-state index is 0.0156. The molecule has 12 heavy (non-hydrogen) atoms. The molecule has 0 radical (unpaired) electrons. The minimum absolute atomic E-state index is 0.0156. The highest BCUT2D eigenvalue weighted by Crippen LogP contribution is 2.58. The van der Waals surface area contributed by atoms with Crippen LogP contribution in [-0.4, -0.2) is 6.29 Å². The molecule has 0 atom stereocenters. The second-order valence-corrected chi connectivity index (χ2v) is 4.27. The number of hydrogen-bond donors (Lipinski definition) is 0. The lowest BCUT2D eigenvalue weighted by Crippen LogP contribution is -2.27. The summed E-state index contributed by atoms with van der Waals surface area (Å²) in [5, 5.41) is 0. The fourth-order valence-corrected chi connectivity index (χ4v) is 2.40. The van der Waals surface area contributed by atoms with Crippen LogP contribution < -0.4 is 0 Å². The van der Waals surface area contributed by atoms with Gasteiger partial charge in [0.2, 0.25) is 0 Å². The first kappa shape index (κ1) is 8.03. The Morgan fingerprint density at radius 1 is 1.25 bits per heavy atom. The molecule has 2 aliphatic rings. The van der Waals surface area contributed by atoms with Crippen LogP contribution in [0.2, 0.25) is 0 Å². The van der Waals surface area contributed by atoms with E-state index in [0.717, 1.165) is 6.42 Å². The predicted molar refractivity (Wildman–Crippen MR) is 48.8 cm³/mol. The van der Waals surface area contributed by atoms with Crippen molar-refractivity contribution in [2.75, 3.05) is 0 Å². The summed E-state index contributed by atoms with van der Waals surface area (Å²) in [4.78, 5) is 11.1. The molecule has 0 spiro atoms. The molecule has 2 fully saturated rings. The molecule has 1 nitrogen and oxygen atoms in total. The minimum Gasteiger partial charge on any atom is -0.303 e. The fraction of sp³-hybridized carbons (Fsp3) is 0.727. The van der Waals surface area contributed by atoms with Crippen molar-refractivity contribution in [2.45, 2.75) is 32.1 Å². The number of allylic oxidation sites excluding steroid dienone is 1. The van der Waals surface area contributed by atoms with E-state index < -0.39 is 0 Å². The quantitative estimate of drug-likeness (QED) is 0.451. The van der Waals surface area contributed by atoms with E-state index in [0.29, 0.717) is 11.8 Å². The average molecular weight is 164 g/mol. The summed E-state index contributed by atoms with van der Waals surface area (Å²) in [6.07, 6.45) is 9.12. The van der Waals surface area contributed by atoms with Gasteiger partial charge in [-0.3, -0.25) is 0 Å². The lowest BCUT2D eigenvalue weighted by molar-refractivity contribution is -0.118. The third-order valence-electron chi connectivity index (χ3n) is 3.39. The van der Waals surface area contributed by atoms with Crippen molar-refractivity contribution in [2.24, 2.45) is 17.3 Å². The molecule has 0 unspecified atom stereocenters. The monoisotopic (exact) mass is 164 g/mol. The summed E-state index contributed by atoms with van der Waals surface area (Å²) in [6.45, 7) is 3.75. The van der Waals surface area contributed by atoms with Crippen molar-refractivity contribution in [3.05, 3.63) is 12.7 Å². The SMILES string of the molecule is C=CCC(C=O)(C1CC1)C1CC1. The maximum Gasteiger partial charge on any atom is 0.127 e. The fourth-order valence-electron chi connectivity index (χ4n) is 2.40. The average Bonchev–Trinajstić information content (AvgIpc) is 2.88. The molecule has 0 aromatic rings. The van der Waals surface area contributed by atoms with Crippen LogP contribution in [0.1, 0.15) is 32.1 Å². The van der Waals surface area contributed by atoms with Crippen LogP contribution in [0, 0.1) is 17.3 Å². The van der Waals surface area contributed by atoms with Crippen LogP contribution in [-0.2, 0) is 4.79 Å². The smallest absolute Gasteiger partial charge is 0.127 e. The number of carbonyl (C=O) groups excluding carboxylic acids is 1. The van der Waals surface area contributed by atoms with Crippen LogP contribution >= 0.6 is 0 Å². The van der Waals surface area contributed by atoms with Gasteiger partial charge in [0.05, 0.1) is 0 Å². The van der Waals surface area contributed by atoms with Crippen LogP contribution in [0.3, 0.4) is 0 Å². The van der Waals surface area contributed by atoms with Gasteiger partial charge < -0.3 is 4.79 Å². The molecule has 0 aromatic heterocycles. The molecule has 0 bridgehead atoms. The molecule has 0 heterocycles. The normalized spacial score (nSPS) is 23.7. The first-order chi connectivity index (χ1) is 5.83. The summed E-state index contributed by atoms with van der Waals surface area (Å²) >= 11 is 0. The zero-order chi connectivity index (χ0) is 8.60. The highest BCUT2D eigenvalue weighted by Gasteiger charge is 2.53. The van der Waals surface area contributed by atoms with E-state index in [1.165, 1.54) is 32.0 Å². The molecule has 0 aromatic carbocycles. The number of hydrogen-bond acceptors (Lipinski definition) is 1. The third-order valence-corrected chi connectivity index (χ3v) is 3.39. The van der Waals surface area contributed by atoms with E-state index in [2.05, 4.69) is 6.58 Å². The Hall–Kier alpha value is -0.590. The molecular formula is C11H16O. The van der Waals surface area contributed by atoms with E-state index in [-0.39, 0.29) is 5.41 Å². The Morgan fingerprint density at radius 3 is 2.00 bits per heavy atom. The van der Waals surface area contributed by atoms with Crippen molar-refractivity contribution in [3.63, 3.8) is 0 Å². The van der Waals surface area contributed by atoms with Crippen molar-refractivity contribution in [1.82, 2.24) is 0 Å². The van der Waals surface area contributed by atoms with Gasteiger partial charge in [-0.1, -0.05) is 6.08 Å². The maximum atomic E-state index is 11.1. The van der Waals surface area contributed by atoms with Crippen LogP contribution in [0.5, 0.6) is 0 Å². The van der Waals surface area contributed by atoms with Gasteiger partial charge in [0.15, 0.2) is 0 Å². The Kier molecular flexibility index (Phi) is 1.82. The van der Waals surface area contributed by atoms with Crippen molar-refractivity contribution in [1.29, 1.82) is 0 Å². The lowest BCUT2D eigenvalue weighted by atomic mass is 9.76. The van der Waals surface area contributed by atoms with Gasteiger partial charge in [-0.05, 0) is 43.9 Å². The first-order valence-corrected chi connectivity index (χ1v) is 4.90. The Balaban J connectivity index is 2.14. The third kappa shape index (κ3) is 1.12. The maximum absolute atomic E-state index is 11.1. The standard InChI is InChI=1S/C11H16O/c1-2-7-11(8-12,9-3-4-9)10-5-6-10/h2,8-10H,1,3-7H2. The molecule has 1 heteroatoms. The second-order valence-electron chi connectivity index (χ2n) is 4.27. The van der Waals surface area contributed by atoms with E-state index in [1.807, 2.05) is 6.08 Å². The van der Waals surface area contributed by atoms with Crippen molar-refractivity contribution in [3.8, 4) is 0 Å². The van der Waals surface area contributed by atoms with Crippen LogP contribution in [0.4, 0.5) is 0 Å². The summed E-state index contributed by atoms with van der Waals surface area (Å²) in [7, 11) is 0. The lowest BCUT2D eigenvalue weighted by Gasteiger charge is -2.26. The zero-order valence-corrected chi connectivity index (χ0v) is 7.46. The van der Waals surface area contributed by atoms with Gasteiger partial charge in [-0.25, -0.2) is 0 Å². The van der Waals surface area contributed by atoms with Crippen molar-refractivity contribution >= 4 is 6.29 Å². The predicted octanol–water partition coefficient (Wildman–Crippen LogP) is 2.57. The van der Waals surface area contributed by atoms with Gasteiger partial charge in [-0.15, -0.1) is 6.58 Å². The number of carbonyl (C=O) groups is 1. The van der Waals surface area contributed by atoms with Gasteiger partial charge in [0.1, 0.15) is 6.29 Å². The summed E-state index contributed by atoms with van der Waals surface area (Å²) in [5.74, 6) is 1.39. The summed E-state index contributed by atoms with van der Waals surface area (Å²) in [5.41, 5.74) is 0.0156. The highest BCUT2D eigenvalue weighted by molar-refractivity contribution is 5.62. The molecule has 0 aliphatic heterocycles. The van der Waals surface area contributed by atoms with Crippen LogP contribution in [0.15, 0.2) is 12.7 Å². The molecule has 66 valence electrons. The van der Waals surface area contributed by atoms with Gasteiger partial charge >= 0.3 is 0 Å². The second kappa shape index (κ2) is 2.72. The number of rotatable bonds is 5. The molecule has 2 rings (SSSR count). The van der Waals surface area contributed by atoms with Gasteiger partial charge in [0, 0.05) is 5.41 Å². The Bertz CT molecular complexity index is 187. The molecule has 2 saturated carbocycles. The molecule has 0 saturated heterocycles. The first-order valence-electron chi connectivity index (χ1n) is 4.90. The molecule has 0 amide bonds. The van der Waals surface area contributed by atoms with Crippen LogP contribution in [0.25, 0.3) is 0 Å². The summed E-state index contributed by atoms with van der Waals surface area (Å²) < 4.78 is 0. The van der Waals surface area contributed by atoms with E-state index in [4.69, 9.17) is 0 Å². The van der Waals surface area contributed by atoms with E-state index in [9.17, 15) is 4.79 Å².